The van der Waals surface area contributed by atoms with Crippen LogP contribution in [-0.2, 0) is 25.8 Å². The van der Waals surface area contributed by atoms with E-state index in [2.05, 4.69) is 44.8 Å². The minimum Gasteiger partial charge on any atom is -0.361 e. The zero-order valence-corrected chi connectivity index (χ0v) is 18.3. The monoisotopic (exact) mass is 430 g/mol. The number of benzene rings is 1. The van der Waals surface area contributed by atoms with E-state index in [1.54, 1.807) is 0 Å². The molecule has 160 valence electrons. The molecule has 0 bridgehead atoms. The summed E-state index contributed by atoms with van der Waals surface area (Å²) in [6, 6.07) is 7.38. The van der Waals surface area contributed by atoms with E-state index < -0.39 is 0 Å². The van der Waals surface area contributed by atoms with Gasteiger partial charge in [-0.15, -0.1) is 0 Å². The van der Waals surface area contributed by atoms with Crippen LogP contribution >= 0.6 is 11.6 Å². The molecule has 0 saturated heterocycles. The zero-order chi connectivity index (χ0) is 21.3. The maximum atomic E-state index is 6.03. The van der Waals surface area contributed by atoms with Crippen LogP contribution < -0.4 is 10.6 Å². The molecule has 0 amide bonds. The molecule has 0 atom stereocenters. The van der Waals surface area contributed by atoms with Crippen LogP contribution in [0.3, 0.4) is 0 Å². The van der Waals surface area contributed by atoms with Crippen LogP contribution in [0.5, 0.6) is 0 Å². The molecule has 3 rings (SSSR count). The van der Waals surface area contributed by atoms with Crippen molar-refractivity contribution >= 4 is 17.6 Å². The Morgan fingerprint density at radius 2 is 1.97 bits per heavy atom. The first-order chi connectivity index (χ1) is 14.6. The highest BCUT2D eigenvalue weighted by Crippen LogP contribution is 2.20. The molecular formula is C21H27ClN6O2. The van der Waals surface area contributed by atoms with Crippen molar-refractivity contribution in [2.24, 2.45) is 4.99 Å². The van der Waals surface area contributed by atoms with Crippen LogP contribution in [0.25, 0.3) is 11.4 Å². The minimum atomic E-state index is 0.519. The van der Waals surface area contributed by atoms with E-state index in [1.807, 2.05) is 31.2 Å². The molecule has 9 heteroatoms. The average molecular weight is 431 g/mol. The third-order valence-corrected chi connectivity index (χ3v) is 4.76. The molecule has 2 aromatic heterocycles. The van der Waals surface area contributed by atoms with Crippen LogP contribution in [-0.4, -0.2) is 34.3 Å². The lowest BCUT2D eigenvalue weighted by Crippen LogP contribution is -2.38. The summed E-state index contributed by atoms with van der Waals surface area (Å²) in [4.78, 5) is 9.12. The van der Waals surface area contributed by atoms with Gasteiger partial charge in [-0.3, -0.25) is 0 Å². The van der Waals surface area contributed by atoms with Crippen molar-refractivity contribution in [2.75, 3.05) is 13.1 Å². The van der Waals surface area contributed by atoms with Gasteiger partial charge in [0, 0.05) is 42.1 Å². The van der Waals surface area contributed by atoms with Crippen molar-refractivity contribution < 1.29 is 9.05 Å². The number of hydrogen-bond donors (Lipinski definition) is 2. The molecule has 0 radical (unpaired) electrons. The summed E-state index contributed by atoms with van der Waals surface area (Å²) >= 11 is 6.03. The van der Waals surface area contributed by atoms with E-state index in [9.17, 15) is 0 Å². The lowest BCUT2D eigenvalue weighted by Gasteiger charge is -2.10. The van der Waals surface area contributed by atoms with Gasteiger partial charge in [-0.25, -0.2) is 4.99 Å². The Hall–Kier alpha value is -2.87. The predicted octanol–water partition coefficient (Wildman–Crippen LogP) is 3.80. The Kier molecular flexibility index (Phi) is 7.84. The van der Waals surface area contributed by atoms with Crippen molar-refractivity contribution in [3.8, 4) is 11.4 Å². The quantitative estimate of drug-likeness (QED) is 0.393. The predicted molar refractivity (Wildman–Crippen MR) is 117 cm³/mol. The van der Waals surface area contributed by atoms with Crippen LogP contribution in [0.4, 0.5) is 0 Å². The Labute approximate surface area is 181 Å². The maximum absolute atomic E-state index is 6.03. The van der Waals surface area contributed by atoms with Crippen LogP contribution in [0.15, 0.2) is 38.3 Å². The summed E-state index contributed by atoms with van der Waals surface area (Å²) < 4.78 is 10.8. The molecule has 0 unspecified atom stereocenters. The maximum Gasteiger partial charge on any atom is 0.228 e. The second-order valence-electron chi connectivity index (χ2n) is 6.63. The number of aryl methyl sites for hydroxylation is 2. The molecule has 0 aliphatic rings. The lowest BCUT2D eigenvalue weighted by molar-refractivity contribution is 0.378. The molecule has 2 heterocycles. The first kappa shape index (κ1) is 21.8. The first-order valence-electron chi connectivity index (χ1n) is 10.2. The van der Waals surface area contributed by atoms with Crippen molar-refractivity contribution in [2.45, 2.75) is 46.6 Å². The van der Waals surface area contributed by atoms with Gasteiger partial charge in [0.05, 0.1) is 12.2 Å². The Bertz CT molecular complexity index is 960. The molecule has 8 nitrogen and oxygen atoms in total. The zero-order valence-electron chi connectivity index (χ0n) is 17.5. The molecule has 0 spiro atoms. The molecular weight excluding hydrogens is 404 g/mol. The highest BCUT2D eigenvalue weighted by molar-refractivity contribution is 6.30. The third kappa shape index (κ3) is 5.60. The SMILES string of the molecule is CCNC(=NCc1c(CC)noc1CC)NCCc1nc(-c2cccc(Cl)c2)no1. The standard InChI is InChI=1S/C21H27ClN6O2/c1-4-17-16(18(5-2)29-27-17)13-25-21(23-6-3)24-11-10-19-26-20(28-30-19)14-8-7-9-15(22)12-14/h7-9,12H,4-6,10-11,13H2,1-3H3,(H2,23,24,25). The molecule has 0 aliphatic carbocycles. The second kappa shape index (κ2) is 10.8. The van der Waals surface area contributed by atoms with E-state index in [1.165, 1.54) is 0 Å². The van der Waals surface area contributed by atoms with E-state index in [0.717, 1.165) is 47.9 Å². The van der Waals surface area contributed by atoms with Gasteiger partial charge in [0.15, 0.2) is 5.96 Å². The fourth-order valence-corrected chi connectivity index (χ4v) is 3.20. The van der Waals surface area contributed by atoms with Gasteiger partial charge < -0.3 is 19.7 Å². The van der Waals surface area contributed by atoms with Crippen LogP contribution in [0.2, 0.25) is 5.02 Å². The molecule has 3 aromatic rings. The fraction of sp³-hybridized carbons (Fsp3) is 0.429. The largest absolute Gasteiger partial charge is 0.361 e. The molecule has 2 N–H and O–H groups in total. The summed E-state index contributed by atoms with van der Waals surface area (Å²) in [6.45, 7) is 8.03. The molecule has 1 aromatic carbocycles. The van der Waals surface area contributed by atoms with Gasteiger partial charge in [0.2, 0.25) is 11.7 Å². The van der Waals surface area contributed by atoms with E-state index >= 15 is 0 Å². The molecule has 0 fully saturated rings. The Morgan fingerprint density at radius 3 is 2.70 bits per heavy atom. The topological polar surface area (TPSA) is 101 Å². The second-order valence-corrected chi connectivity index (χ2v) is 7.07. The third-order valence-electron chi connectivity index (χ3n) is 4.53. The number of hydrogen-bond acceptors (Lipinski definition) is 6. The Balaban J connectivity index is 1.59. The molecule has 0 saturated carbocycles. The minimum absolute atomic E-state index is 0.519. The van der Waals surface area contributed by atoms with Crippen molar-refractivity contribution in [3.63, 3.8) is 0 Å². The number of guanidine groups is 1. The van der Waals surface area contributed by atoms with E-state index in [0.29, 0.717) is 36.2 Å². The van der Waals surface area contributed by atoms with Gasteiger partial charge in [0.1, 0.15) is 5.76 Å². The van der Waals surface area contributed by atoms with Gasteiger partial charge >= 0.3 is 0 Å². The fourth-order valence-electron chi connectivity index (χ4n) is 3.01. The number of aromatic nitrogens is 3. The van der Waals surface area contributed by atoms with Gasteiger partial charge in [-0.1, -0.05) is 47.9 Å². The van der Waals surface area contributed by atoms with Crippen LogP contribution in [0, 0.1) is 0 Å². The number of rotatable bonds is 9. The average Bonchev–Trinajstić information content (AvgIpc) is 3.38. The summed E-state index contributed by atoms with van der Waals surface area (Å²) in [5, 5.41) is 15.4. The van der Waals surface area contributed by atoms with Gasteiger partial charge in [0.25, 0.3) is 0 Å². The van der Waals surface area contributed by atoms with E-state index in [4.69, 9.17) is 20.6 Å². The van der Waals surface area contributed by atoms with Crippen molar-refractivity contribution in [1.82, 2.24) is 25.9 Å². The van der Waals surface area contributed by atoms with Gasteiger partial charge in [-0.2, -0.15) is 4.98 Å². The first-order valence-corrected chi connectivity index (χ1v) is 10.6. The smallest absolute Gasteiger partial charge is 0.228 e. The highest BCUT2D eigenvalue weighted by Gasteiger charge is 2.13. The summed E-state index contributed by atoms with van der Waals surface area (Å²) in [5.41, 5.74) is 2.86. The summed E-state index contributed by atoms with van der Waals surface area (Å²) in [5.74, 6) is 2.69. The highest BCUT2D eigenvalue weighted by atomic mass is 35.5. The number of nitrogens with zero attached hydrogens (tertiary/aromatic N) is 4. The van der Waals surface area contributed by atoms with Crippen molar-refractivity contribution in [1.29, 1.82) is 0 Å². The normalized spacial score (nSPS) is 11.7. The van der Waals surface area contributed by atoms with Gasteiger partial charge in [-0.05, 0) is 25.5 Å². The number of nitrogens with one attached hydrogen (secondary N) is 2. The molecule has 30 heavy (non-hydrogen) atoms. The van der Waals surface area contributed by atoms with Crippen LogP contribution in [0.1, 0.15) is 43.7 Å². The summed E-state index contributed by atoms with van der Waals surface area (Å²) in [6.07, 6.45) is 2.20. The van der Waals surface area contributed by atoms with E-state index in [-0.39, 0.29) is 0 Å². The lowest BCUT2D eigenvalue weighted by atomic mass is 10.1. The number of halogens is 1. The molecule has 0 aliphatic heterocycles. The Morgan fingerprint density at radius 1 is 1.10 bits per heavy atom. The number of aliphatic imine (C=N–C) groups is 1. The van der Waals surface area contributed by atoms with Crippen molar-refractivity contribution in [3.05, 3.63) is 52.2 Å². The summed E-state index contributed by atoms with van der Waals surface area (Å²) in [7, 11) is 0.